The molecule has 1 N–H and O–H groups in total. The third kappa shape index (κ3) is 4.18. The molecular weight excluding hydrogens is 294 g/mol. The molecule has 0 saturated carbocycles. The third-order valence-corrected chi connectivity index (χ3v) is 4.29. The molecule has 0 bridgehead atoms. The van der Waals surface area contributed by atoms with E-state index < -0.39 is 5.97 Å². The first-order valence-corrected chi connectivity index (χ1v) is 7.66. The number of halogens is 1. The molecule has 0 aromatic carbocycles. The van der Waals surface area contributed by atoms with Crippen LogP contribution >= 0.6 is 11.6 Å². The molecule has 0 radical (unpaired) electrons. The summed E-state index contributed by atoms with van der Waals surface area (Å²) in [5.74, 6) is -0.911. The fourth-order valence-electron chi connectivity index (χ4n) is 2.66. The maximum absolute atomic E-state index is 10.5. The molecule has 7 heteroatoms. The second kappa shape index (κ2) is 7.24. The van der Waals surface area contributed by atoms with Crippen LogP contribution in [-0.2, 0) is 22.6 Å². The first kappa shape index (κ1) is 16.3. The molecule has 1 fully saturated rings. The fraction of sp³-hybridized carbons (Fsp3) is 0.714. The lowest BCUT2D eigenvalue weighted by Gasteiger charge is -2.31. The largest absolute Gasteiger partial charge is 0.480 e. The highest BCUT2D eigenvalue weighted by molar-refractivity contribution is 6.31. The van der Waals surface area contributed by atoms with E-state index in [1.165, 1.54) is 0 Å². The van der Waals surface area contributed by atoms with E-state index >= 15 is 0 Å². The highest BCUT2D eigenvalue weighted by Gasteiger charge is 2.23. The van der Waals surface area contributed by atoms with Crippen LogP contribution in [0, 0.1) is 6.92 Å². The zero-order chi connectivity index (χ0) is 15.4. The lowest BCUT2D eigenvalue weighted by molar-refractivity contribution is -0.145. The number of aliphatic carboxylic acids is 1. The monoisotopic (exact) mass is 315 g/mol. The number of carboxylic acid groups (broad SMARTS) is 1. The van der Waals surface area contributed by atoms with Crippen LogP contribution < -0.4 is 0 Å². The number of ether oxygens (including phenoxy) is 1. The Balaban J connectivity index is 1.87. The molecule has 0 aliphatic carbocycles. The molecule has 1 aliphatic heterocycles. The van der Waals surface area contributed by atoms with E-state index in [-0.39, 0.29) is 12.7 Å². The molecule has 0 unspecified atom stereocenters. The van der Waals surface area contributed by atoms with Gasteiger partial charge >= 0.3 is 5.97 Å². The first-order valence-electron chi connectivity index (χ1n) is 7.28. The highest BCUT2D eigenvalue weighted by Crippen LogP contribution is 2.23. The summed E-state index contributed by atoms with van der Waals surface area (Å²) < 4.78 is 7.29. The van der Waals surface area contributed by atoms with Crippen LogP contribution in [0.15, 0.2) is 0 Å². The summed E-state index contributed by atoms with van der Waals surface area (Å²) >= 11 is 6.33. The summed E-state index contributed by atoms with van der Waals surface area (Å²) in [7, 11) is 0. The van der Waals surface area contributed by atoms with E-state index in [0.717, 1.165) is 55.4 Å². The zero-order valence-corrected chi connectivity index (χ0v) is 13.3. The lowest BCUT2D eigenvalue weighted by Crippen LogP contribution is -2.37. The maximum Gasteiger partial charge on any atom is 0.329 e. The number of carbonyl (C=O) groups is 1. The Morgan fingerprint density at radius 1 is 1.48 bits per heavy atom. The van der Waals surface area contributed by atoms with Crippen molar-refractivity contribution in [2.45, 2.75) is 45.9 Å². The predicted octanol–water partition coefficient (Wildman–Crippen LogP) is 1.93. The van der Waals surface area contributed by atoms with Gasteiger partial charge in [-0.1, -0.05) is 11.6 Å². The number of likely N-dealkylation sites (tertiary alicyclic amines) is 1. The van der Waals surface area contributed by atoms with Crippen LogP contribution in [0.5, 0.6) is 0 Å². The van der Waals surface area contributed by atoms with Gasteiger partial charge in [0.1, 0.15) is 6.61 Å². The number of hydrogen-bond donors (Lipinski definition) is 1. The molecule has 118 valence electrons. The van der Waals surface area contributed by atoms with Crippen molar-refractivity contribution in [1.82, 2.24) is 14.7 Å². The van der Waals surface area contributed by atoms with E-state index in [1.54, 1.807) is 0 Å². The number of carboxylic acids is 1. The number of hydrogen-bond acceptors (Lipinski definition) is 4. The van der Waals surface area contributed by atoms with Crippen molar-refractivity contribution in [1.29, 1.82) is 0 Å². The minimum absolute atomic E-state index is 0.0469. The van der Waals surface area contributed by atoms with Gasteiger partial charge in [0.25, 0.3) is 0 Å². The summed E-state index contributed by atoms with van der Waals surface area (Å²) in [5, 5.41) is 13.8. The molecule has 2 rings (SSSR count). The molecule has 2 heterocycles. The Kier molecular flexibility index (Phi) is 5.61. The lowest BCUT2D eigenvalue weighted by atomic mass is 10.1. The van der Waals surface area contributed by atoms with Crippen LogP contribution in [0.4, 0.5) is 0 Å². The molecular formula is C14H22ClN3O3. The number of nitrogens with zero attached hydrogens (tertiary/aromatic N) is 3. The standard InChI is InChI=1S/C14H22ClN3O3/c1-3-18-12(14(15)10(2)16-18)8-17-6-4-11(5-7-17)21-9-13(19)20/h11H,3-9H2,1-2H3,(H,19,20). The van der Waals surface area contributed by atoms with E-state index in [0.29, 0.717) is 0 Å². The zero-order valence-electron chi connectivity index (χ0n) is 12.5. The Labute approximate surface area is 129 Å². The molecule has 6 nitrogen and oxygen atoms in total. The summed E-state index contributed by atoms with van der Waals surface area (Å²) in [6, 6.07) is 0. The Morgan fingerprint density at radius 3 is 2.71 bits per heavy atom. The van der Waals surface area contributed by atoms with Crippen LogP contribution in [0.1, 0.15) is 31.2 Å². The second-order valence-corrected chi connectivity index (χ2v) is 5.72. The predicted molar refractivity (Wildman–Crippen MR) is 79.5 cm³/mol. The van der Waals surface area contributed by atoms with E-state index in [4.69, 9.17) is 21.4 Å². The van der Waals surface area contributed by atoms with E-state index in [1.807, 2.05) is 11.6 Å². The molecule has 1 aromatic heterocycles. The van der Waals surface area contributed by atoms with Gasteiger partial charge in [0, 0.05) is 26.2 Å². The Morgan fingerprint density at radius 2 is 2.14 bits per heavy atom. The minimum atomic E-state index is -0.911. The van der Waals surface area contributed by atoms with Crippen LogP contribution in [-0.4, -0.2) is 51.6 Å². The summed E-state index contributed by atoms with van der Waals surface area (Å²) in [5.41, 5.74) is 1.93. The summed E-state index contributed by atoms with van der Waals surface area (Å²) in [6.07, 6.45) is 1.75. The van der Waals surface area contributed by atoms with Gasteiger partial charge < -0.3 is 9.84 Å². The molecule has 1 aliphatic rings. The van der Waals surface area contributed by atoms with Crippen molar-refractivity contribution >= 4 is 17.6 Å². The van der Waals surface area contributed by atoms with E-state index in [9.17, 15) is 4.79 Å². The van der Waals surface area contributed by atoms with Crippen molar-refractivity contribution < 1.29 is 14.6 Å². The van der Waals surface area contributed by atoms with Gasteiger partial charge in [0.05, 0.1) is 22.5 Å². The van der Waals surface area contributed by atoms with Crippen molar-refractivity contribution in [3.05, 3.63) is 16.4 Å². The van der Waals surface area contributed by atoms with Crippen molar-refractivity contribution in [3.8, 4) is 0 Å². The highest BCUT2D eigenvalue weighted by atomic mass is 35.5. The van der Waals surface area contributed by atoms with Gasteiger partial charge in [0.2, 0.25) is 0 Å². The van der Waals surface area contributed by atoms with Gasteiger partial charge in [-0.05, 0) is 26.7 Å². The minimum Gasteiger partial charge on any atom is -0.480 e. The molecule has 0 atom stereocenters. The van der Waals surface area contributed by atoms with Crippen molar-refractivity contribution in [3.63, 3.8) is 0 Å². The average molecular weight is 316 g/mol. The van der Waals surface area contributed by atoms with Crippen LogP contribution in [0.3, 0.4) is 0 Å². The number of rotatable bonds is 6. The SMILES string of the molecule is CCn1nc(C)c(Cl)c1CN1CCC(OCC(=O)O)CC1. The molecule has 21 heavy (non-hydrogen) atoms. The van der Waals surface area contributed by atoms with Gasteiger partial charge in [-0.25, -0.2) is 4.79 Å². The summed E-state index contributed by atoms with van der Waals surface area (Å²) in [6.45, 7) is 7.11. The number of aryl methyl sites for hydroxylation is 2. The molecule has 1 aromatic rings. The topological polar surface area (TPSA) is 67.6 Å². The second-order valence-electron chi connectivity index (χ2n) is 5.34. The van der Waals surface area contributed by atoms with Crippen LogP contribution in [0.2, 0.25) is 5.02 Å². The average Bonchev–Trinajstić information content (AvgIpc) is 2.74. The molecule has 0 amide bonds. The van der Waals surface area contributed by atoms with E-state index in [2.05, 4.69) is 16.9 Å². The molecule has 1 saturated heterocycles. The van der Waals surface area contributed by atoms with Crippen molar-refractivity contribution in [2.24, 2.45) is 0 Å². The maximum atomic E-state index is 10.5. The quantitative estimate of drug-likeness (QED) is 0.869. The molecule has 0 spiro atoms. The third-order valence-electron chi connectivity index (χ3n) is 3.80. The van der Waals surface area contributed by atoms with Crippen LogP contribution in [0.25, 0.3) is 0 Å². The Hall–Kier alpha value is -1.11. The van der Waals surface area contributed by atoms with Gasteiger partial charge in [-0.3, -0.25) is 9.58 Å². The van der Waals surface area contributed by atoms with Gasteiger partial charge in [-0.2, -0.15) is 5.10 Å². The van der Waals surface area contributed by atoms with Gasteiger partial charge in [-0.15, -0.1) is 0 Å². The summed E-state index contributed by atoms with van der Waals surface area (Å²) in [4.78, 5) is 12.8. The fourth-order valence-corrected chi connectivity index (χ4v) is 2.85. The van der Waals surface area contributed by atoms with Gasteiger partial charge in [0.15, 0.2) is 0 Å². The normalized spacial score (nSPS) is 17.3. The smallest absolute Gasteiger partial charge is 0.329 e. The first-order chi connectivity index (χ1) is 10.0. The van der Waals surface area contributed by atoms with Crippen molar-refractivity contribution in [2.75, 3.05) is 19.7 Å². The number of piperidine rings is 1. The number of aromatic nitrogens is 2. The Bertz CT molecular complexity index is 496.